The summed E-state index contributed by atoms with van der Waals surface area (Å²) in [7, 11) is 0. The molecule has 2 aromatic heterocycles. The summed E-state index contributed by atoms with van der Waals surface area (Å²) in [4.78, 5) is 2.43. The molecule has 69 heavy (non-hydrogen) atoms. The zero-order chi connectivity index (χ0) is 45.7. The molecule has 2 heterocycles. The largest absolute Gasteiger partial charge is 0.310 e. The number of anilines is 3. The van der Waals surface area contributed by atoms with E-state index in [0.717, 1.165) is 33.9 Å². The van der Waals surface area contributed by atoms with Gasteiger partial charge in [-0.1, -0.05) is 212 Å². The average molecular weight is 897 g/mol. The van der Waals surface area contributed by atoms with Crippen LogP contribution in [0.5, 0.6) is 0 Å². The Hall–Kier alpha value is -8.76. The van der Waals surface area contributed by atoms with Crippen molar-refractivity contribution in [3.63, 3.8) is 0 Å². The Morgan fingerprint density at radius 3 is 1.38 bits per heavy atom. The predicted molar refractivity (Wildman–Crippen MR) is 296 cm³/mol. The van der Waals surface area contributed by atoms with Gasteiger partial charge in [-0.3, -0.25) is 0 Å². The number of hydrogen-bond donors (Lipinski definition) is 0. The molecule has 0 N–H and O–H groups in total. The third-order valence-corrected chi connectivity index (χ3v) is 14.9. The molecule has 0 unspecified atom stereocenters. The Morgan fingerprint density at radius 2 is 0.710 bits per heavy atom. The topological polar surface area (TPSA) is 8.17 Å². The van der Waals surface area contributed by atoms with Crippen molar-refractivity contribution in [2.45, 2.75) is 0 Å². The van der Waals surface area contributed by atoms with E-state index in [2.05, 4.69) is 276 Å². The van der Waals surface area contributed by atoms with Gasteiger partial charge in [0.2, 0.25) is 0 Å². The van der Waals surface area contributed by atoms with Crippen LogP contribution in [-0.2, 0) is 0 Å². The molecule has 0 fully saturated rings. The minimum atomic E-state index is 1.07. The number of hydrogen-bond acceptors (Lipinski definition) is 2. The molecule has 13 aromatic rings. The van der Waals surface area contributed by atoms with Crippen molar-refractivity contribution < 1.29 is 0 Å². The van der Waals surface area contributed by atoms with Crippen LogP contribution in [-0.4, -0.2) is 4.57 Å². The lowest BCUT2D eigenvalue weighted by molar-refractivity contribution is 1.18. The van der Waals surface area contributed by atoms with Crippen molar-refractivity contribution in [2.75, 3.05) is 4.90 Å². The molecule has 13 rings (SSSR count). The maximum atomic E-state index is 2.43. The number of benzene rings is 11. The molecule has 0 radical (unpaired) electrons. The van der Waals surface area contributed by atoms with Gasteiger partial charge in [0, 0.05) is 53.4 Å². The fourth-order valence-corrected chi connectivity index (χ4v) is 11.8. The van der Waals surface area contributed by atoms with Crippen molar-refractivity contribution in [1.29, 1.82) is 0 Å². The van der Waals surface area contributed by atoms with Gasteiger partial charge in [0.25, 0.3) is 0 Å². The Kier molecular flexibility index (Phi) is 10.1. The minimum absolute atomic E-state index is 1.07. The second-order valence-corrected chi connectivity index (χ2v) is 18.6. The average Bonchev–Trinajstić information content (AvgIpc) is 3.98. The molecule has 0 spiro atoms. The van der Waals surface area contributed by atoms with Crippen LogP contribution in [0.1, 0.15) is 0 Å². The maximum Gasteiger partial charge on any atom is 0.0541 e. The van der Waals surface area contributed by atoms with Crippen LogP contribution in [0.25, 0.3) is 103 Å². The molecule has 0 amide bonds. The van der Waals surface area contributed by atoms with Crippen LogP contribution in [0.4, 0.5) is 17.1 Å². The lowest BCUT2D eigenvalue weighted by Gasteiger charge is -2.29. The summed E-state index contributed by atoms with van der Waals surface area (Å²) in [6.07, 6.45) is 0. The van der Waals surface area contributed by atoms with Crippen LogP contribution in [0.2, 0.25) is 0 Å². The van der Waals surface area contributed by atoms with Crippen molar-refractivity contribution >= 4 is 70.4 Å². The van der Waals surface area contributed by atoms with Crippen LogP contribution in [0.15, 0.2) is 267 Å². The Morgan fingerprint density at radius 1 is 0.275 bits per heavy atom. The molecule has 2 nitrogen and oxygen atoms in total. The summed E-state index contributed by atoms with van der Waals surface area (Å²) in [6.45, 7) is 0. The van der Waals surface area contributed by atoms with E-state index in [4.69, 9.17) is 0 Å². The third kappa shape index (κ3) is 7.02. The highest BCUT2D eigenvalue weighted by molar-refractivity contribution is 7.26. The molecule has 0 saturated carbocycles. The van der Waals surface area contributed by atoms with Crippen LogP contribution in [0.3, 0.4) is 0 Å². The van der Waals surface area contributed by atoms with Crippen molar-refractivity contribution in [3.05, 3.63) is 267 Å². The SMILES string of the molecule is c1ccc(-c2ccccc2-c2ccccc2-c2ccccc2N(c2ccc(-c3ccccc3-n3c4ccccc4c4ccccc43)cc2)c2ccc(-c3cccc4c3sc3ccccc34)cc2)cc1. The second kappa shape index (κ2) is 17.2. The summed E-state index contributed by atoms with van der Waals surface area (Å²) in [5.41, 5.74) is 18.7. The lowest BCUT2D eigenvalue weighted by Crippen LogP contribution is -2.11. The quantitative estimate of drug-likeness (QED) is 0.140. The molecule has 0 bridgehead atoms. The number of aromatic nitrogens is 1. The van der Waals surface area contributed by atoms with Gasteiger partial charge in [-0.2, -0.15) is 0 Å². The van der Waals surface area contributed by atoms with E-state index < -0.39 is 0 Å². The molecule has 0 atom stereocenters. The van der Waals surface area contributed by atoms with E-state index in [1.807, 2.05) is 11.3 Å². The zero-order valence-corrected chi connectivity index (χ0v) is 38.5. The Balaban J connectivity index is 0.965. The molecule has 0 aliphatic carbocycles. The first-order valence-electron chi connectivity index (χ1n) is 23.6. The van der Waals surface area contributed by atoms with Gasteiger partial charge >= 0.3 is 0 Å². The van der Waals surface area contributed by atoms with E-state index in [9.17, 15) is 0 Å². The summed E-state index contributed by atoms with van der Waals surface area (Å²) in [6, 6.07) is 97.3. The highest BCUT2D eigenvalue weighted by Crippen LogP contribution is 2.47. The van der Waals surface area contributed by atoms with Gasteiger partial charge in [-0.25, -0.2) is 0 Å². The van der Waals surface area contributed by atoms with E-state index in [1.54, 1.807) is 0 Å². The smallest absolute Gasteiger partial charge is 0.0541 e. The number of thiophene rings is 1. The summed E-state index contributed by atoms with van der Waals surface area (Å²) >= 11 is 1.87. The molecule has 3 heteroatoms. The van der Waals surface area contributed by atoms with E-state index in [1.165, 1.54) is 86.5 Å². The molecular formula is C66H44N2S. The first-order valence-corrected chi connectivity index (χ1v) is 24.4. The summed E-state index contributed by atoms with van der Waals surface area (Å²) in [5, 5.41) is 5.13. The maximum absolute atomic E-state index is 2.43. The molecule has 324 valence electrons. The van der Waals surface area contributed by atoms with Gasteiger partial charge in [0.15, 0.2) is 0 Å². The minimum Gasteiger partial charge on any atom is -0.310 e. The number of rotatable bonds is 9. The van der Waals surface area contributed by atoms with Crippen molar-refractivity contribution in [1.82, 2.24) is 4.57 Å². The third-order valence-electron chi connectivity index (χ3n) is 13.7. The first-order chi connectivity index (χ1) is 34.3. The van der Waals surface area contributed by atoms with Crippen molar-refractivity contribution in [2.24, 2.45) is 0 Å². The van der Waals surface area contributed by atoms with E-state index in [0.29, 0.717) is 0 Å². The second-order valence-electron chi connectivity index (χ2n) is 17.6. The molecular weight excluding hydrogens is 853 g/mol. The fourth-order valence-electron chi connectivity index (χ4n) is 10.5. The molecule has 0 saturated heterocycles. The van der Waals surface area contributed by atoms with Gasteiger partial charge in [-0.05, 0) is 99.1 Å². The number of fused-ring (bicyclic) bond motifs is 6. The van der Waals surface area contributed by atoms with Crippen LogP contribution in [0, 0.1) is 0 Å². The van der Waals surface area contributed by atoms with Gasteiger partial charge in [0.1, 0.15) is 0 Å². The highest BCUT2D eigenvalue weighted by atomic mass is 32.1. The number of nitrogens with zero attached hydrogens (tertiary/aromatic N) is 2. The molecule has 11 aromatic carbocycles. The summed E-state index contributed by atoms with van der Waals surface area (Å²) in [5.74, 6) is 0. The van der Waals surface area contributed by atoms with Gasteiger partial charge in [0.05, 0.1) is 22.4 Å². The van der Waals surface area contributed by atoms with Gasteiger partial charge in [-0.15, -0.1) is 11.3 Å². The normalized spacial score (nSPS) is 11.5. The Labute approximate surface area is 405 Å². The lowest BCUT2D eigenvalue weighted by atomic mass is 9.88. The first kappa shape index (κ1) is 40.5. The van der Waals surface area contributed by atoms with E-state index >= 15 is 0 Å². The fraction of sp³-hybridized carbons (Fsp3) is 0. The van der Waals surface area contributed by atoms with Crippen LogP contribution >= 0.6 is 11.3 Å². The highest BCUT2D eigenvalue weighted by Gasteiger charge is 2.22. The molecule has 0 aliphatic rings. The van der Waals surface area contributed by atoms with E-state index in [-0.39, 0.29) is 0 Å². The monoisotopic (exact) mass is 896 g/mol. The number of para-hydroxylation sites is 4. The zero-order valence-electron chi connectivity index (χ0n) is 37.7. The van der Waals surface area contributed by atoms with Crippen molar-refractivity contribution in [3.8, 4) is 61.3 Å². The molecule has 0 aliphatic heterocycles. The van der Waals surface area contributed by atoms with Gasteiger partial charge < -0.3 is 9.47 Å². The van der Waals surface area contributed by atoms with Crippen LogP contribution < -0.4 is 4.90 Å². The standard InChI is InChI=1S/C66H44N2S/c1-2-19-45(20-3-1)50-21-4-5-23-53(50)54-24-6-7-25-55(54)56-26-9-14-33-62(56)67(49-43-39-47(40-44-49)52-30-18-31-60-59-29-12-17-36-65(59)69-66(52)60)48-41-37-46(38-42-48)51-22-8-13-32-61(51)68-63-34-15-10-27-57(63)58-28-11-16-35-64(58)68/h1-44H. The Bertz CT molecular complexity index is 3960. The summed E-state index contributed by atoms with van der Waals surface area (Å²) < 4.78 is 5.05. The predicted octanol–water partition coefficient (Wildman–Crippen LogP) is 19.0.